The van der Waals surface area contributed by atoms with Crippen LogP contribution in [0.15, 0.2) is 63.5 Å². The number of allylic oxidation sites excluding steroid dienone is 1. The highest BCUT2D eigenvalue weighted by Crippen LogP contribution is 2.36. The minimum absolute atomic E-state index is 0.233. The maximum atomic E-state index is 13.7. The van der Waals surface area contributed by atoms with E-state index in [0.717, 1.165) is 5.56 Å². The SMILES string of the molecule is COC(=O)C1=C(C)N=c2s/c(=C\c3ccc(C(C)C)cc3)c(=O)n2C1c1ccc(OC(C)=O)c(OC)c1. The van der Waals surface area contributed by atoms with Crippen molar-refractivity contribution >= 4 is 29.4 Å². The van der Waals surface area contributed by atoms with Gasteiger partial charge in [0.2, 0.25) is 0 Å². The van der Waals surface area contributed by atoms with E-state index >= 15 is 0 Å². The number of esters is 2. The van der Waals surface area contributed by atoms with Gasteiger partial charge in [0.15, 0.2) is 16.3 Å². The summed E-state index contributed by atoms with van der Waals surface area (Å²) >= 11 is 1.25. The van der Waals surface area contributed by atoms with Crippen molar-refractivity contribution in [1.29, 1.82) is 0 Å². The third kappa shape index (κ3) is 5.13. The van der Waals surface area contributed by atoms with Crippen LogP contribution in [0.3, 0.4) is 0 Å². The minimum Gasteiger partial charge on any atom is -0.493 e. The summed E-state index contributed by atoms with van der Waals surface area (Å²) in [6.07, 6.45) is 1.83. The topological polar surface area (TPSA) is 96.2 Å². The van der Waals surface area contributed by atoms with E-state index in [1.807, 2.05) is 30.3 Å². The van der Waals surface area contributed by atoms with Gasteiger partial charge in [-0.05, 0) is 47.7 Å². The molecule has 2 heterocycles. The number of methoxy groups -OCH3 is 2. The summed E-state index contributed by atoms with van der Waals surface area (Å²) in [5, 5.41) is 0. The second-order valence-corrected chi connectivity index (χ2v) is 9.91. The molecule has 2 aromatic carbocycles. The molecule has 0 amide bonds. The molecule has 1 aliphatic rings. The largest absolute Gasteiger partial charge is 0.493 e. The molecule has 192 valence electrons. The number of hydrogen-bond acceptors (Lipinski definition) is 8. The van der Waals surface area contributed by atoms with Gasteiger partial charge in [-0.25, -0.2) is 9.79 Å². The Morgan fingerprint density at radius 1 is 1.08 bits per heavy atom. The lowest BCUT2D eigenvalue weighted by Gasteiger charge is -2.25. The average Bonchev–Trinajstić information content (AvgIpc) is 3.17. The van der Waals surface area contributed by atoms with Gasteiger partial charge >= 0.3 is 11.9 Å². The summed E-state index contributed by atoms with van der Waals surface area (Å²) in [5.41, 5.74) is 3.10. The van der Waals surface area contributed by atoms with Gasteiger partial charge in [-0.2, -0.15) is 0 Å². The van der Waals surface area contributed by atoms with Crippen molar-refractivity contribution in [3.63, 3.8) is 0 Å². The summed E-state index contributed by atoms with van der Waals surface area (Å²) in [7, 11) is 2.74. The summed E-state index contributed by atoms with van der Waals surface area (Å²) in [4.78, 5) is 43.1. The lowest BCUT2D eigenvalue weighted by atomic mass is 9.95. The third-order valence-corrected chi connectivity index (χ3v) is 7.07. The van der Waals surface area contributed by atoms with Crippen LogP contribution in [-0.4, -0.2) is 30.7 Å². The zero-order chi connectivity index (χ0) is 26.9. The van der Waals surface area contributed by atoms with Gasteiger partial charge in [-0.1, -0.05) is 55.5 Å². The molecule has 0 saturated carbocycles. The van der Waals surface area contributed by atoms with Gasteiger partial charge in [-0.3, -0.25) is 14.2 Å². The Labute approximate surface area is 218 Å². The molecule has 1 aromatic heterocycles. The van der Waals surface area contributed by atoms with E-state index in [-0.39, 0.29) is 16.9 Å². The Balaban J connectivity index is 1.91. The van der Waals surface area contributed by atoms with E-state index in [1.54, 1.807) is 25.1 Å². The van der Waals surface area contributed by atoms with Crippen LogP contribution in [0.5, 0.6) is 11.5 Å². The molecular formula is C28H28N2O6S. The Kier molecular flexibility index (Phi) is 7.45. The fourth-order valence-corrected chi connectivity index (χ4v) is 5.28. The molecule has 1 aliphatic heterocycles. The summed E-state index contributed by atoms with van der Waals surface area (Å²) in [6, 6.07) is 12.2. The van der Waals surface area contributed by atoms with Gasteiger partial charge < -0.3 is 14.2 Å². The van der Waals surface area contributed by atoms with Gasteiger partial charge in [-0.15, -0.1) is 0 Å². The number of carbonyl (C=O) groups is 2. The smallest absolute Gasteiger partial charge is 0.338 e. The number of rotatable bonds is 6. The standard InChI is InChI=1S/C28H28N2O6S/c1-15(2)19-9-7-18(8-10-19)13-23-26(32)30-25(24(27(33)35-6)16(3)29-28(30)37-23)20-11-12-21(36-17(4)31)22(14-20)34-5/h7-15,25H,1-6H3/b23-13-. The Hall–Kier alpha value is -3.98. The maximum Gasteiger partial charge on any atom is 0.338 e. The van der Waals surface area contributed by atoms with Crippen LogP contribution in [0.2, 0.25) is 0 Å². The van der Waals surface area contributed by atoms with Gasteiger partial charge in [0.1, 0.15) is 0 Å². The van der Waals surface area contributed by atoms with Crippen LogP contribution in [0, 0.1) is 0 Å². The van der Waals surface area contributed by atoms with E-state index in [1.165, 1.54) is 42.6 Å². The van der Waals surface area contributed by atoms with E-state index in [4.69, 9.17) is 14.2 Å². The quantitative estimate of drug-likeness (QED) is 0.365. The summed E-state index contributed by atoms with van der Waals surface area (Å²) in [5.74, 6) is -0.155. The van der Waals surface area contributed by atoms with E-state index in [2.05, 4.69) is 18.8 Å². The number of hydrogen-bond donors (Lipinski definition) is 0. The lowest BCUT2D eigenvalue weighted by Crippen LogP contribution is -2.39. The van der Waals surface area contributed by atoms with Crippen LogP contribution in [0.4, 0.5) is 0 Å². The van der Waals surface area contributed by atoms with Crippen molar-refractivity contribution in [3.8, 4) is 11.5 Å². The molecule has 9 heteroatoms. The van der Waals surface area contributed by atoms with Gasteiger partial charge in [0.25, 0.3) is 5.56 Å². The van der Waals surface area contributed by atoms with Crippen molar-refractivity contribution in [2.75, 3.05) is 14.2 Å². The van der Waals surface area contributed by atoms with Crippen molar-refractivity contribution in [3.05, 3.63) is 90.1 Å². The van der Waals surface area contributed by atoms with E-state index < -0.39 is 18.0 Å². The first-order valence-electron chi connectivity index (χ1n) is 11.7. The molecule has 37 heavy (non-hydrogen) atoms. The normalized spacial score (nSPS) is 15.3. The van der Waals surface area contributed by atoms with Gasteiger partial charge in [0.05, 0.1) is 36.1 Å². The molecule has 1 atom stereocenters. The van der Waals surface area contributed by atoms with Crippen LogP contribution >= 0.6 is 11.3 Å². The Bertz CT molecular complexity index is 1580. The molecule has 0 aliphatic carbocycles. The molecule has 0 bridgehead atoms. The van der Waals surface area contributed by atoms with Crippen molar-refractivity contribution in [2.24, 2.45) is 4.99 Å². The number of benzene rings is 2. The molecule has 0 saturated heterocycles. The fraction of sp³-hybridized carbons (Fsp3) is 0.286. The number of thiazole rings is 1. The number of carbonyl (C=O) groups excluding carboxylic acids is 2. The summed E-state index contributed by atoms with van der Waals surface area (Å²) < 4.78 is 17.7. The molecule has 0 fully saturated rings. The van der Waals surface area contributed by atoms with Crippen molar-refractivity contribution in [2.45, 2.75) is 39.7 Å². The van der Waals surface area contributed by atoms with E-state index in [9.17, 15) is 14.4 Å². The molecule has 1 unspecified atom stereocenters. The highest BCUT2D eigenvalue weighted by atomic mass is 32.1. The zero-order valence-electron chi connectivity index (χ0n) is 21.5. The predicted octanol–water partition coefficient (Wildman–Crippen LogP) is 3.47. The number of nitrogens with zero attached hydrogens (tertiary/aromatic N) is 2. The first kappa shape index (κ1) is 26.1. The first-order chi connectivity index (χ1) is 17.6. The zero-order valence-corrected chi connectivity index (χ0v) is 22.3. The van der Waals surface area contributed by atoms with Crippen molar-refractivity contribution < 1.29 is 23.8 Å². The molecule has 3 aromatic rings. The van der Waals surface area contributed by atoms with Crippen LogP contribution < -0.4 is 24.4 Å². The maximum absolute atomic E-state index is 13.7. The van der Waals surface area contributed by atoms with Crippen LogP contribution in [0.1, 0.15) is 56.3 Å². The molecule has 4 rings (SSSR count). The highest BCUT2D eigenvalue weighted by Gasteiger charge is 2.33. The van der Waals surface area contributed by atoms with Crippen LogP contribution in [-0.2, 0) is 14.3 Å². The molecule has 8 nitrogen and oxygen atoms in total. The molecule has 0 radical (unpaired) electrons. The third-order valence-electron chi connectivity index (χ3n) is 6.08. The summed E-state index contributed by atoms with van der Waals surface area (Å²) in [6.45, 7) is 7.26. The first-order valence-corrected chi connectivity index (χ1v) is 12.5. The monoisotopic (exact) mass is 520 g/mol. The number of fused-ring (bicyclic) bond motifs is 1. The Morgan fingerprint density at radius 2 is 1.78 bits per heavy atom. The second kappa shape index (κ2) is 10.6. The second-order valence-electron chi connectivity index (χ2n) is 8.90. The fourth-order valence-electron chi connectivity index (χ4n) is 4.23. The Morgan fingerprint density at radius 3 is 2.38 bits per heavy atom. The van der Waals surface area contributed by atoms with Gasteiger partial charge in [0, 0.05) is 6.92 Å². The molecular weight excluding hydrogens is 492 g/mol. The highest BCUT2D eigenvalue weighted by molar-refractivity contribution is 7.07. The number of aromatic nitrogens is 1. The molecule has 0 spiro atoms. The predicted molar refractivity (Wildman–Crippen MR) is 141 cm³/mol. The average molecular weight is 521 g/mol. The van der Waals surface area contributed by atoms with Crippen LogP contribution in [0.25, 0.3) is 6.08 Å². The lowest BCUT2D eigenvalue weighted by molar-refractivity contribution is -0.136. The molecule has 0 N–H and O–H groups in total. The minimum atomic E-state index is -0.811. The number of ether oxygens (including phenoxy) is 3. The van der Waals surface area contributed by atoms with E-state index in [0.29, 0.717) is 32.3 Å². The van der Waals surface area contributed by atoms with Crippen molar-refractivity contribution in [1.82, 2.24) is 4.57 Å².